The molecule has 2 N–H and O–H groups in total. The van der Waals surface area contributed by atoms with Crippen LogP contribution in [-0.2, 0) is 14.8 Å². The second-order valence-electron chi connectivity index (χ2n) is 5.12. The summed E-state index contributed by atoms with van der Waals surface area (Å²) in [5.74, 6) is -2.77. The topological polar surface area (TPSA) is 89.7 Å². The number of carbonyl (C=O) groups is 1. The molecule has 0 aliphatic carbocycles. The highest BCUT2D eigenvalue weighted by Gasteiger charge is 2.36. The van der Waals surface area contributed by atoms with Crippen molar-refractivity contribution in [1.82, 2.24) is 0 Å². The molecule has 1 amide bonds. The summed E-state index contributed by atoms with van der Waals surface area (Å²) in [7, 11) is -4.32. The number of nitrogens with zero attached hydrogens (tertiary/aromatic N) is 1. The molecule has 0 saturated carbocycles. The molecule has 1 heterocycles. The number of hydrogen-bond donors (Lipinski definition) is 1. The molecule has 9 heteroatoms. The molecule has 0 bridgehead atoms. The molecule has 0 saturated heterocycles. The van der Waals surface area contributed by atoms with Gasteiger partial charge in [0.15, 0.2) is 6.10 Å². The minimum absolute atomic E-state index is 0.132. The van der Waals surface area contributed by atoms with Gasteiger partial charge in [0.2, 0.25) is 0 Å². The first kappa shape index (κ1) is 16.2. The molecule has 1 aliphatic heterocycles. The summed E-state index contributed by atoms with van der Waals surface area (Å²) >= 11 is 0. The Morgan fingerprint density at radius 2 is 1.79 bits per heavy atom. The smallest absolute Gasteiger partial charge is 0.264 e. The number of fused-ring (bicyclic) bond motifs is 1. The summed E-state index contributed by atoms with van der Waals surface area (Å²) in [6.07, 6.45) is -1.21. The number of rotatable bonds is 3. The van der Waals surface area contributed by atoms with E-state index in [-0.39, 0.29) is 11.4 Å². The van der Waals surface area contributed by atoms with E-state index in [4.69, 9.17) is 10.5 Å². The molecule has 0 aromatic heterocycles. The first-order valence-electron chi connectivity index (χ1n) is 6.83. The fourth-order valence-corrected chi connectivity index (χ4v) is 3.90. The highest BCUT2D eigenvalue weighted by atomic mass is 32.2. The van der Waals surface area contributed by atoms with Crippen LogP contribution in [0, 0.1) is 11.6 Å². The first-order valence-corrected chi connectivity index (χ1v) is 8.27. The largest absolute Gasteiger partial charge is 0.476 e. The molecule has 1 aliphatic rings. The van der Waals surface area contributed by atoms with Crippen LogP contribution < -0.4 is 14.8 Å². The molecule has 24 heavy (non-hydrogen) atoms. The van der Waals surface area contributed by atoms with Gasteiger partial charge in [0.05, 0.1) is 17.1 Å². The number of carbonyl (C=O) groups excluding carboxylic acids is 1. The van der Waals surface area contributed by atoms with Crippen LogP contribution >= 0.6 is 0 Å². The zero-order valence-electron chi connectivity index (χ0n) is 12.1. The van der Waals surface area contributed by atoms with E-state index in [0.717, 1.165) is 4.31 Å². The molecule has 0 radical (unpaired) electrons. The molecule has 0 fully saturated rings. The Balaban J connectivity index is 2.14. The molecule has 126 valence electrons. The van der Waals surface area contributed by atoms with Crippen LogP contribution in [0.2, 0.25) is 0 Å². The fraction of sp³-hybridized carbons (Fsp3) is 0.133. The summed E-state index contributed by atoms with van der Waals surface area (Å²) in [4.78, 5) is 10.9. The lowest BCUT2D eigenvalue weighted by Crippen LogP contribution is -2.49. The van der Waals surface area contributed by atoms with Crippen LogP contribution in [0.1, 0.15) is 0 Å². The SMILES string of the molecule is NC(=O)C1CN(S(=O)(=O)c2cc(F)cc(F)c2)c2ccccc2O1. The number of hydrogen-bond acceptors (Lipinski definition) is 4. The van der Waals surface area contributed by atoms with E-state index in [9.17, 15) is 22.0 Å². The van der Waals surface area contributed by atoms with Crippen molar-refractivity contribution in [2.75, 3.05) is 10.8 Å². The van der Waals surface area contributed by atoms with Gasteiger partial charge in [-0.3, -0.25) is 9.10 Å². The van der Waals surface area contributed by atoms with Crippen molar-refractivity contribution in [2.45, 2.75) is 11.0 Å². The van der Waals surface area contributed by atoms with Crippen LogP contribution in [0.3, 0.4) is 0 Å². The average molecular weight is 354 g/mol. The Morgan fingerprint density at radius 1 is 1.17 bits per heavy atom. The van der Waals surface area contributed by atoms with Gasteiger partial charge in [-0.1, -0.05) is 12.1 Å². The maximum absolute atomic E-state index is 13.4. The third kappa shape index (κ3) is 2.78. The Labute approximate surface area is 136 Å². The van der Waals surface area contributed by atoms with E-state index in [1.54, 1.807) is 12.1 Å². The lowest BCUT2D eigenvalue weighted by atomic mass is 10.2. The lowest BCUT2D eigenvalue weighted by molar-refractivity contribution is -0.124. The van der Waals surface area contributed by atoms with Crippen molar-refractivity contribution < 1.29 is 26.7 Å². The summed E-state index contributed by atoms with van der Waals surface area (Å²) in [6, 6.07) is 8.07. The van der Waals surface area contributed by atoms with Gasteiger partial charge >= 0.3 is 0 Å². The van der Waals surface area contributed by atoms with Gasteiger partial charge < -0.3 is 10.5 Å². The lowest BCUT2D eigenvalue weighted by Gasteiger charge is -2.34. The number of halogens is 2. The van der Waals surface area contributed by atoms with Crippen molar-refractivity contribution in [1.29, 1.82) is 0 Å². The van der Waals surface area contributed by atoms with Crippen molar-refractivity contribution in [3.8, 4) is 5.75 Å². The highest BCUT2D eigenvalue weighted by Crippen LogP contribution is 2.36. The van der Waals surface area contributed by atoms with E-state index in [2.05, 4.69) is 0 Å². The maximum atomic E-state index is 13.4. The third-order valence-electron chi connectivity index (χ3n) is 3.48. The Kier molecular flexibility index (Phi) is 3.88. The normalized spacial score (nSPS) is 17.1. The monoisotopic (exact) mass is 354 g/mol. The van der Waals surface area contributed by atoms with Crippen molar-refractivity contribution in [2.24, 2.45) is 5.73 Å². The zero-order valence-corrected chi connectivity index (χ0v) is 13.0. The summed E-state index contributed by atoms with van der Waals surface area (Å²) in [5, 5.41) is 0. The van der Waals surface area contributed by atoms with Crippen molar-refractivity contribution in [3.63, 3.8) is 0 Å². The molecule has 6 nitrogen and oxygen atoms in total. The molecular formula is C15H12F2N2O4S. The second kappa shape index (κ2) is 5.75. The van der Waals surface area contributed by atoms with Gasteiger partial charge in [-0.05, 0) is 24.3 Å². The maximum Gasteiger partial charge on any atom is 0.264 e. The third-order valence-corrected chi connectivity index (χ3v) is 5.23. The minimum atomic E-state index is -4.32. The number of amides is 1. The number of ether oxygens (including phenoxy) is 1. The van der Waals surface area contributed by atoms with Crippen LogP contribution in [0.15, 0.2) is 47.4 Å². The predicted molar refractivity (Wildman–Crippen MR) is 80.9 cm³/mol. The number of primary amides is 1. The number of benzene rings is 2. The van der Waals surface area contributed by atoms with E-state index in [1.165, 1.54) is 12.1 Å². The van der Waals surface area contributed by atoms with Gasteiger partial charge in [-0.2, -0.15) is 0 Å². The number of para-hydroxylation sites is 2. The van der Waals surface area contributed by atoms with Gasteiger partial charge in [0.1, 0.15) is 17.4 Å². The van der Waals surface area contributed by atoms with Crippen molar-refractivity contribution in [3.05, 3.63) is 54.1 Å². The van der Waals surface area contributed by atoms with Gasteiger partial charge in [-0.15, -0.1) is 0 Å². The molecule has 1 atom stereocenters. The number of nitrogens with two attached hydrogens (primary N) is 1. The summed E-state index contributed by atoms with van der Waals surface area (Å²) < 4.78 is 58.7. The molecule has 1 unspecified atom stereocenters. The van der Waals surface area contributed by atoms with Crippen LogP contribution in [0.4, 0.5) is 14.5 Å². The first-order chi connectivity index (χ1) is 11.3. The highest BCUT2D eigenvalue weighted by molar-refractivity contribution is 7.92. The Morgan fingerprint density at radius 3 is 2.42 bits per heavy atom. The quantitative estimate of drug-likeness (QED) is 0.902. The van der Waals surface area contributed by atoms with Gasteiger partial charge in [0.25, 0.3) is 15.9 Å². The standard InChI is InChI=1S/C15H12F2N2O4S/c16-9-5-10(17)7-11(6-9)24(21,22)19-8-14(15(18)20)23-13-4-2-1-3-12(13)19/h1-7,14H,8H2,(H2,18,20). The van der Waals surface area contributed by atoms with Gasteiger partial charge in [0, 0.05) is 6.07 Å². The number of sulfonamides is 1. The van der Waals surface area contributed by atoms with E-state index in [1.807, 2.05) is 0 Å². The zero-order chi connectivity index (χ0) is 17.5. The van der Waals surface area contributed by atoms with Gasteiger partial charge in [-0.25, -0.2) is 17.2 Å². The van der Waals surface area contributed by atoms with Crippen molar-refractivity contribution >= 4 is 21.6 Å². The molecule has 3 rings (SSSR count). The van der Waals surface area contributed by atoms with Crippen LogP contribution in [0.5, 0.6) is 5.75 Å². The number of anilines is 1. The van der Waals surface area contributed by atoms with Crippen LogP contribution in [0.25, 0.3) is 0 Å². The predicted octanol–water partition coefficient (Wildman–Crippen LogP) is 1.41. The summed E-state index contributed by atoms with van der Waals surface area (Å²) in [5.41, 5.74) is 5.36. The minimum Gasteiger partial charge on any atom is -0.476 e. The molecule has 2 aromatic carbocycles. The van der Waals surface area contributed by atoms with E-state index in [0.29, 0.717) is 18.2 Å². The molecule has 0 spiro atoms. The van der Waals surface area contributed by atoms with Crippen LogP contribution in [-0.4, -0.2) is 27.0 Å². The van der Waals surface area contributed by atoms with E-state index >= 15 is 0 Å². The Bertz CT molecular complexity index is 897. The molecule has 2 aromatic rings. The Hall–Kier alpha value is -2.68. The fourth-order valence-electron chi connectivity index (χ4n) is 2.38. The second-order valence-corrected chi connectivity index (χ2v) is 6.98. The van der Waals surface area contributed by atoms with E-state index < -0.39 is 45.1 Å². The summed E-state index contributed by atoms with van der Waals surface area (Å²) in [6.45, 7) is -0.396. The average Bonchev–Trinajstić information content (AvgIpc) is 2.52. The molecular weight excluding hydrogens is 342 g/mol.